The van der Waals surface area contributed by atoms with Crippen LogP contribution in [-0.2, 0) is 0 Å². The molecule has 16 heavy (non-hydrogen) atoms. The first kappa shape index (κ1) is 12.3. The molecule has 0 radical (unpaired) electrons. The van der Waals surface area contributed by atoms with Gasteiger partial charge in [0.1, 0.15) is 11.5 Å². The molecule has 0 saturated carbocycles. The molecular weight excluding hydrogens is 210 g/mol. The van der Waals surface area contributed by atoms with E-state index in [4.69, 9.17) is 10.2 Å². The highest BCUT2D eigenvalue weighted by Gasteiger charge is 2.14. The highest BCUT2D eigenvalue weighted by Crippen LogP contribution is 2.22. The van der Waals surface area contributed by atoms with Crippen molar-refractivity contribution >= 4 is 5.91 Å². The van der Waals surface area contributed by atoms with Crippen molar-refractivity contribution in [1.29, 1.82) is 0 Å². The van der Waals surface area contributed by atoms with Crippen LogP contribution in [0.1, 0.15) is 23.7 Å². The van der Waals surface area contributed by atoms with E-state index in [-0.39, 0.29) is 29.7 Å². The summed E-state index contributed by atoms with van der Waals surface area (Å²) in [5.41, 5.74) is 0.0738. The lowest BCUT2D eigenvalue weighted by Crippen LogP contribution is -2.36. The average molecular weight is 225 g/mol. The van der Waals surface area contributed by atoms with Crippen LogP contribution in [-0.4, -0.2) is 33.9 Å². The number of aromatic hydroxyl groups is 2. The summed E-state index contributed by atoms with van der Waals surface area (Å²) in [5, 5.41) is 30.0. The Hall–Kier alpha value is -1.75. The Morgan fingerprint density at radius 2 is 2.12 bits per heavy atom. The number of amides is 1. The van der Waals surface area contributed by atoms with Gasteiger partial charge in [-0.15, -0.1) is 0 Å². The molecular formula is C11H15NO4. The monoisotopic (exact) mass is 225 g/mol. The predicted octanol–water partition coefficient (Wildman–Crippen LogP) is 0.599. The molecule has 88 valence electrons. The molecule has 0 spiro atoms. The van der Waals surface area contributed by atoms with Crippen molar-refractivity contribution in [3.63, 3.8) is 0 Å². The third-order valence-electron chi connectivity index (χ3n) is 2.27. The Kier molecular flexibility index (Phi) is 4.13. The van der Waals surface area contributed by atoms with E-state index in [0.29, 0.717) is 6.42 Å². The molecule has 0 unspecified atom stereocenters. The smallest absolute Gasteiger partial charge is 0.255 e. The number of aliphatic hydroxyl groups excluding tert-OH is 1. The van der Waals surface area contributed by atoms with Gasteiger partial charge < -0.3 is 20.6 Å². The van der Waals surface area contributed by atoms with Crippen molar-refractivity contribution in [2.45, 2.75) is 19.4 Å². The molecule has 0 aliphatic rings. The van der Waals surface area contributed by atoms with Gasteiger partial charge in [-0.3, -0.25) is 4.79 Å². The van der Waals surface area contributed by atoms with Crippen LogP contribution in [0.15, 0.2) is 18.2 Å². The van der Waals surface area contributed by atoms with Crippen LogP contribution in [0.5, 0.6) is 11.5 Å². The number of carbonyl (C=O) groups is 1. The Morgan fingerprint density at radius 3 is 2.62 bits per heavy atom. The predicted molar refractivity (Wildman–Crippen MR) is 58.4 cm³/mol. The summed E-state index contributed by atoms with van der Waals surface area (Å²) in [7, 11) is 0. The van der Waals surface area contributed by atoms with Gasteiger partial charge in [-0.25, -0.2) is 0 Å². The Bertz CT molecular complexity index is 374. The van der Waals surface area contributed by atoms with Gasteiger partial charge in [-0.1, -0.05) is 6.92 Å². The zero-order chi connectivity index (χ0) is 12.1. The van der Waals surface area contributed by atoms with E-state index in [2.05, 4.69) is 5.32 Å². The molecule has 1 aromatic rings. The summed E-state index contributed by atoms with van der Waals surface area (Å²) >= 11 is 0. The molecule has 1 rings (SSSR count). The lowest BCUT2D eigenvalue weighted by molar-refractivity contribution is 0.0912. The summed E-state index contributed by atoms with van der Waals surface area (Å²) in [6, 6.07) is 3.40. The molecule has 1 amide bonds. The van der Waals surface area contributed by atoms with E-state index in [9.17, 15) is 9.90 Å². The third-order valence-corrected chi connectivity index (χ3v) is 2.27. The topological polar surface area (TPSA) is 89.8 Å². The van der Waals surface area contributed by atoms with Crippen LogP contribution in [0, 0.1) is 0 Å². The molecule has 0 heterocycles. The number of carbonyl (C=O) groups excluding carboxylic acids is 1. The Morgan fingerprint density at radius 1 is 1.44 bits per heavy atom. The van der Waals surface area contributed by atoms with E-state index in [1.54, 1.807) is 0 Å². The van der Waals surface area contributed by atoms with Crippen molar-refractivity contribution in [3.8, 4) is 11.5 Å². The molecule has 0 fully saturated rings. The molecule has 0 bridgehead atoms. The fourth-order valence-corrected chi connectivity index (χ4v) is 1.25. The maximum Gasteiger partial charge on any atom is 0.255 e. The highest BCUT2D eigenvalue weighted by molar-refractivity contribution is 5.97. The first-order valence-corrected chi connectivity index (χ1v) is 5.02. The van der Waals surface area contributed by atoms with Gasteiger partial charge in [-0.05, 0) is 18.6 Å². The first-order valence-electron chi connectivity index (χ1n) is 5.02. The lowest BCUT2D eigenvalue weighted by atomic mass is 10.1. The molecule has 5 heteroatoms. The third kappa shape index (κ3) is 2.87. The summed E-state index contributed by atoms with van der Waals surface area (Å²) in [5.74, 6) is -0.869. The van der Waals surface area contributed by atoms with Gasteiger partial charge in [-0.2, -0.15) is 0 Å². The van der Waals surface area contributed by atoms with Crippen LogP contribution in [0.2, 0.25) is 0 Å². The second-order valence-corrected chi connectivity index (χ2v) is 3.46. The van der Waals surface area contributed by atoms with Crippen molar-refractivity contribution in [3.05, 3.63) is 23.8 Å². The zero-order valence-corrected chi connectivity index (χ0v) is 8.97. The fraction of sp³-hybridized carbons (Fsp3) is 0.364. The first-order chi connectivity index (χ1) is 7.58. The number of hydrogen-bond acceptors (Lipinski definition) is 4. The largest absolute Gasteiger partial charge is 0.508 e. The van der Waals surface area contributed by atoms with E-state index >= 15 is 0 Å². The maximum absolute atomic E-state index is 11.6. The van der Waals surface area contributed by atoms with Crippen molar-refractivity contribution < 1.29 is 20.1 Å². The number of phenolic OH excluding ortho intramolecular Hbond substituents is 2. The van der Waals surface area contributed by atoms with Gasteiger partial charge in [0.05, 0.1) is 18.2 Å². The van der Waals surface area contributed by atoms with Crippen LogP contribution >= 0.6 is 0 Å². The fourth-order valence-electron chi connectivity index (χ4n) is 1.25. The molecule has 4 N–H and O–H groups in total. The number of aliphatic hydroxyl groups is 1. The number of benzene rings is 1. The average Bonchev–Trinajstić information content (AvgIpc) is 2.25. The lowest BCUT2D eigenvalue weighted by Gasteiger charge is -2.14. The second-order valence-electron chi connectivity index (χ2n) is 3.46. The minimum atomic E-state index is -0.474. The normalized spacial score (nSPS) is 12.1. The van der Waals surface area contributed by atoms with Crippen LogP contribution in [0.25, 0.3) is 0 Å². The quantitative estimate of drug-likeness (QED) is 0.604. The van der Waals surface area contributed by atoms with Gasteiger partial charge in [0.15, 0.2) is 0 Å². The van der Waals surface area contributed by atoms with Gasteiger partial charge in [0.25, 0.3) is 5.91 Å². The molecule has 1 atom stereocenters. The van der Waals surface area contributed by atoms with Crippen LogP contribution < -0.4 is 5.32 Å². The van der Waals surface area contributed by atoms with Gasteiger partial charge in [0, 0.05) is 6.07 Å². The van der Waals surface area contributed by atoms with Crippen LogP contribution in [0.4, 0.5) is 0 Å². The van der Waals surface area contributed by atoms with Crippen molar-refractivity contribution in [2.75, 3.05) is 6.61 Å². The summed E-state index contributed by atoms with van der Waals surface area (Å²) < 4.78 is 0. The van der Waals surface area contributed by atoms with E-state index in [1.165, 1.54) is 12.1 Å². The SMILES string of the molecule is CC[C@@H](CO)NC(=O)c1ccc(O)cc1O. The van der Waals surface area contributed by atoms with E-state index in [0.717, 1.165) is 6.07 Å². The zero-order valence-electron chi connectivity index (χ0n) is 8.97. The second kappa shape index (κ2) is 5.37. The Balaban J connectivity index is 2.80. The molecule has 0 saturated heterocycles. The molecule has 0 aliphatic heterocycles. The molecule has 0 aromatic heterocycles. The van der Waals surface area contributed by atoms with Crippen molar-refractivity contribution in [2.24, 2.45) is 0 Å². The Labute approximate surface area is 93.4 Å². The summed E-state index contributed by atoms with van der Waals surface area (Å²) in [4.78, 5) is 11.6. The minimum Gasteiger partial charge on any atom is -0.508 e. The van der Waals surface area contributed by atoms with Crippen molar-refractivity contribution in [1.82, 2.24) is 5.32 Å². The van der Waals surface area contributed by atoms with E-state index in [1.807, 2.05) is 6.92 Å². The standard InChI is InChI=1S/C11H15NO4/c1-2-7(6-13)12-11(16)9-4-3-8(14)5-10(9)15/h3-5,7,13-15H,2,6H2,1H3,(H,12,16)/t7-/m0/s1. The minimum absolute atomic E-state index is 0.0738. The highest BCUT2D eigenvalue weighted by atomic mass is 16.3. The number of phenols is 2. The summed E-state index contributed by atoms with van der Waals surface area (Å²) in [6.45, 7) is 1.68. The molecule has 1 aromatic carbocycles. The molecule has 5 nitrogen and oxygen atoms in total. The van der Waals surface area contributed by atoms with Crippen LogP contribution in [0.3, 0.4) is 0 Å². The molecule has 0 aliphatic carbocycles. The number of rotatable bonds is 4. The maximum atomic E-state index is 11.6. The van der Waals surface area contributed by atoms with Gasteiger partial charge >= 0.3 is 0 Å². The van der Waals surface area contributed by atoms with Gasteiger partial charge in [0.2, 0.25) is 0 Å². The number of hydrogen-bond donors (Lipinski definition) is 4. The number of nitrogens with one attached hydrogen (secondary N) is 1. The summed E-state index contributed by atoms with van der Waals surface area (Å²) in [6.07, 6.45) is 0.598. The van der Waals surface area contributed by atoms with E-state index < -0.39 is 5.91 Å².